The first-order valence-corrected chi connectivity index (χ1v) is 5.76. The van der Waals surface area contributed by atoms with E-state index in [2.05, 4.69) is 29.0 Å². The lowest BCUT2D eigenvalue weighted by Gasteiger charge is -2.32. The third-order valence-electron chi connectivity index (χ3n) is 3.19. The zero-order valence-electron chi connectivity index (χ0n) is 11.5. The maximum atomic E-state index is 10.7. The molecule has 0 atom stereocenters. The summed E-state index contributed by atoms with van der Waals surface area (Å²) in [5, 5.41) is 13.9. The summed E-state index contributed by atoms with van der Waals surface area (Å²) in [6.07, 6.45) is 1.29. The first-order chi connectivity index (χ1) is 8.24. The van der Waals surface area contributed by atoms with E-state index in [1.807, 2.05) is 14.1 Å². The Morgan fingerprint density at radius 3 is 2.56 bits per heavy atom. The third kappa shape index (κ3) is 3.40. The van der Waals surface area contributed by atoms with Crippen LogP contribution < -0.4 is 5.32 Å². The molecule has 1 N–H and O–H groups in total. The first-order valence-electron chi connectivity index (χ1n) is 5.76. The number of likely N-dealkylation sites (N-methyl/N-ethyl adjacent to an activating group) is 1. The molecule has 1 heterocycles. The summed E-state index contributed by atoms with van der Waals surface area (Å²) in [5.41, 5.74) is 0.643. The van der Waals surface area contributed by atoms with Gasteiger partial charge in [-0.3, -0.25) is 10.1 Å². The highest BCUT2D eigenvalue weighted by molar-refractivity contribution is 5.46. The molecular formula is C12H20N4O2. The van der Waals surface area contributed by atoms with Crippen molar-refractivity contribution in [1.82, 2.24) is 9.88 Å². The van der Waals surface area contributed by atoms with Gasteiger partial charge in [-0.05, 0) is 40.9 Å². The van der Waals surface area contributed by atoms with Crippen molar-refractivity contribution in [2.24, 2.45) is 0 Å². The van der Waals surface area contributed by atoms with Crippen LogP contribution in [0.15, 0.2) is 12.3 Å². The Hall–Kier alpha value is -1.69. The van der Waals surface area contributed by atoms with Gasteiger partial charge in [0.2, 0.25) is 0 Å². The minimum absolute atomic E-state index is 0.0165. The lowest BCUT2D eigenvalue weighted by molar-refractivity contribution is -0.385. The molecule has 6 nitrogen and oxygen atoms in total. The maximum absolute atomic E-state index is 10.7. The highest BCUT2D eigenvalue weighted by Gasteiger charge is 2.20. The van der Waals surface area contributed by atoms with Crippen LogP contribution in [-0.2, 0) is 0 Å². The Bertz CT molecular complexity index is 444. The zero-order valence-corrected chi connectivity index (χ0v) is 11.5. The number of nitro groups is 1. The molecule has 1 aromatic heterocycles. The van der Waals surface area contributed by atoms with Gasteiger partial charge >= 0.3 is 0 Å². The van der Waals surface area contributed by atoms with Crippen LogP contribution in [0.1, 0.15) is 19.4 Å². The lowest BCUT2D eigenvalue weighted by Crippen LogP contribution is -2.44. The summed E-state index contributed by atoms with van der Waals surface area (Å²) in [4.78, 5) is 16.4. The van der Waals surface area contributed by atoms with Gasteiger partial charge in [-0.15, -0.1) is 0 Å². The fraction of sp³-hybridized carbons (Fsp3) is 0.583. The Morgan fingerprint density at radius 2 is 2.11 bits per heavy atom. The molecule has 0 spiro atoms. The van der Waals surface area contributed by atoms with Gasteiger partial charge in [-0.1, -0.05) is 0 Å². The standard InChI is InChI=1S/C12H20N4O2/c1-9-6-11(13-7-10(9)16(17)18)14-8-12(2,3)15(4)5/h6-7H,8H2,1-5H3,(H,13,14). The molecule has 0 saturated heterocycles. The van der Waals surface area contributed by atoms with Gasteiger partial charge < -0.3 is 10.2 Å². The second kappa shape index (κ2) is 5.30. The molecule has 0 bridgehead atoms. The highest BCUT2D eigenvalue weighted by atomic mass is 16.6. The average molecular weight is 252 g/mol. The molecule has 0 radical (unpaired) electrons. The predicted octanol–water partition coefficient (Wildman–Crippen LogP) is 2.05. The van der Waals surface area contributed by atoms with Crippen LogP contribution in [-0.4, -0.2) is 41.0 Å². The normalized spacial score (nSPS) is 11.7. The summed E-state index contributed by atoms with van der Waals surface area (Å²) >= 11 is 0. The Kier molecular flexibility index (Phi) is 4.24. The Morgan fingerprint density at radius 1 is 1.50 bits per heavy atom. The second-order valence-electron chi connectivity index (χ2n) is 5.17. The average Bonchev–Trinajstić information content (AvgIpc) is 2.25. The molecule has 1 aromatic rings. The topological polar surface area (TPSA) is 71.3 Å². The first kappa shape index (κ1) is 14.4. The molecule has 6 heteroatoms. The van der Waals surface area contributed by atoms with Crippen LogP contribution in [0.4, 0.5) is 11.5 Å². The van der Waals surface area contributed by atoms with Crippen molar-refractivity contribution in [2.45, 2.75) is 26.3 Å². The number of aromatic nitrogens is 1. The fourth-order valence-corrected chi connectivity index (χ4v) is 1.30. The minimum Gasteiger partial charge on any atom is -0.368 e. The third-order valence-corrected chi connectivity index (χ3v) is 3.19. The van der Waals surface area contributed by atoms with Gasteiger partial charge in [0.05, 0.1) is 4.92 Å². The largest absolute Gasteiger partial charge is 0.368 e. The van der Waals surface area contributed by atoms with E-state index in [4.69, 9.17) is 0 Å². The summed E-state index contributed by atoms with van der Waals surface area (Å²) in [7, 11) is 4.02. The fourth-order valence-electron chi connectivity index (χ4n) is 1.30. The number of anilines is 1. The molecule has 0 aliphatic rings. The summed E-state index contributed by atoms with van der Waals surface area (Å²) in [6, 6.07) is 1.70. The van der Waals surface area contributed by atoms with Gasteiger partial charge in [-0.25, -0.2) is 4.98 Å². The van der Waals surface area contributed by atoms with Crippen LogP contribution in [0, 0.1) is 17.0 Å². The van der Waals surface area contributed by atoms with E-state index in [1.165, 1.54) is 6.20 Å². The SMILES string of the molecule is Cc1cc(NCC(C)(C)N(C)C)ncc1[N+](=O)[O-]. The van der Waals surface area contributed by atoms with Crippen molar-refractivity contribution in [3.8, 4) is 0 Å². The molecule has 0 aliphatic heterocycles. The number of aryl methyl sites for hydroxylation is 1. The van der Waals surface area contributed by atoms with Crippen molar-refractivity contribution >= 4 is 11.5 Å². The molecule has 0 unspecified atom stereocenters. The molecule has 0 amide bonds. The molecule has 0 aliphatic carbocycles. The summed E-state index contributed by atoms with van der Waals surface area (Å²) in [6.45, 7) is 6.64. The molecule has 0 aromatic carbocycles. The van der Waals surface area contributed by atoms with Gasteiger partial charge in [0, 0.05) is 17.6 Å². The predicted molar refractivity (Wildman–Crippen MR) is 71.9 cm³/mol. The van der Waals surface area contributed by atoms with E-state index >= 15 is 0 Å². The number of rotatable bonds is 5. The molecule has 0 fully saturated rings. The van der Waals surface area contributed by atoms with Crippen molar-refractivity contribution in [2.75, 3.05) is 26.0 Å². The van der Waals surface area contributed by atoms with E-state index in [-0.39, 0.29) is 11.2 Å². The van der Waals surface area contributed by atoms with Crippen molar-refractivity contribution in [3.05, 3.63) is 27.9 Å². The van der Waals surface area contributed by atoms with E-state index in [0.717, 1.165) is 0 Å². The van der Waals surface area contributed by atoms with E-state index in [1.54, 1.807) is 13.0 Å². The molecule has 0 saturated carbocycles. The lowest BCUT2D eigenvalue weighted by atomic mass is 10.0. The smallest absolute Gasteiger partial charge is 0.290 e. The van der Waals surface area contributed by atoms with Crippen molar-refractivity contribution < 1.29 is 4.92 Å². The highest BCUT2D eigenvalue weighted by Crippen LogP contribution is 2.19. The van der Waals surface area contributed by atoms with Crippen LogP contribution >= 0.6 is 0 Å². The number of pyridine rings is 1. The van der Waals surface area contributed by atoms with Gasteiger partial charge in [0.25, 0.3) is 5.69 Å². The Labute approximate surface area is 107 Å². The van der Waals surface area contributed by atoms with Crippen LogP contribution in [0.5, 0.6) is 0 Å². The minimum atomic E-state index is -0.421. The quantitative estimate of drug-likeness (QED) is 0.641. The number of nitrogens with zero attached hydrogens (tertiary/aromatic N) is 3. The number of hydrogen-bond donors (Lipinski definition) is 1. The van der Waals surface area contributed by atoms with E-state index < -0.39 is 4.92 Å². The molecular weight excluding hydrogens is 232 g/mol. The van der Waals surface area contributed by atoms with Crippen LogP contribution in [0.2, 0.25) is 0 Å². The van der Waals surface area contributed by atoms with Crippen molar-refractivity contribution in [3.63, 3.8) is 0 Å². The maximum Gasteiger partial charge on any atom is 0.290 e. The number of hydrogen-bond acceptors (Lipinski definition) is 5. The van der Waals surface area contributed by atoms with Gasteiger partial charge in [-0.2, -0.15) is 0 Å². The molecule has 1 rings (SSSR count). The molecule has 100 valence electrons. The zero-order chi connectivity index (χ0) is 13.9. The van der Waals surface area contributed by atoms with Gasteiger partial charge in [0.15, 0.2) is 0 Å². The van der Waals surface area contributed by atoms with E-state index in [0.29, 0.717) is 17.9 Å². The van der Waals surface area contributed by atoms with Crippen molar-refractivity contribution in [1.29, 1.82) is 0 Å². The molecule has 18 heavy (non-hydrogen) atoms. The monoisotopic (exact) mass is 252 g/mol. The second-order valence-corrected chi connectivity index (χ2v) is 5.17. The van der Waals surface area contributed by atoms with Crippen LogP contribution in [0.3, 0.4) is 0 Å². The summed E-state index contributed by atoms with van der Waals surface area (Å²) < 4.78 is 0. The van der Waals surface area contributed by atoms with Gasteiger partial charge in [0.1, 0.15) is 12.0 Å². The Balaban J connectivity index is 2.76. The summed E-state index contributed by atoms with van der Waals surface area (Å²) in [5.74, 6) is 0.660. The van der Waals surface area contributed by atoms with Crippen LogP contribution in [0.25, 0.3) is 0 Å². The number of nitrogens with one attached hydrogen (secondary N) is 1. The van der Waals surface area contributed by atoms with E-state index in [9.17, 15) is 10.1 Å².